The first-order chi connectivity index (χ1) is 7.29. The van der Waals surface area contributed by atoms with Crippen molar-refractivity contribution < 1.29 is 22.7 Å². The van der Waals surface area contributed by atoms with Gasteiger partial charge in [0.25, 0.3) is 5.91 Å². The number of hydrogen-bond acceptors (Lipinski definition) is 3. The molecule has 1 heterocycles. The summed E-state index contributed by atoms with van der Waals surface area (Å²) in [5.41, 5.74) is 4.67. The van der Waals surface area contributed by atoms with Gasteiger partial charge in [0.2, 0.25) is 0 Å². The summed E-state index contributed by atoms with van der Waals surface area (Å²) in [4.78, 5) is 14.2. The molecular formula is C8H6ClF3N2O2. The van der Waals surface area contributed by atoms with Crippen LogP contribution in [0.5, 0.6) is 5.75 Å². The number of nitrogens with zero attached hydrogens (tertiary/aromatic N) is 1. The summed E-state index contributed by atoms with van der Waals surface area (Å²) in [5, 5.41) is -0.130. The molecule has 1 aromatic rings. The third kappa shape index (κ3) is 3.58. The maximum absolute atomic E-state index is 11.9. The van der Waals surface area contributed by atoms with Crippen LogP contribution in [0.1, 0.15) is 10.5 Å². The molecule has 1 aromatic heterocycles. The van der Waals surface area contributed by atoms with Crippen LogP contribution in [0.15, 0.2) is 12.3 Å². The molecule has 4 nitrogen and oxygen atoms in total. The van der Waals surface area contributed by atoms with Crippen LogP contribution in [0, 0.1) is 0 Å². The lowest BCUT2D eigenvalue weighted by Gasteiger charge is -2.10. The van der Waals surface area contributed by atoms with Crippen LogP contribution < -0.4 is 10.5 Å². The minimum atomic E-state index is -4.49. The van der Waals surface area contributed by atoms with Crippen molar-refractivity contribution in [2.45, 2.75) is 6.18 Å². The molecule has 1 amide bonds. The van der Waals surface area contributed by atoms with Crippen LogP contribution >= 0.6 is 11.6 Å². The number of hydrogen-bond donors (Lipinski definition) is 1. The van der Waals surface area contributed by atoms with E-state index in [9.17, 15) is 18.0 Å². The zero-order valence-corrected chi connectivity index (χ0v) is 8.47. The molecule has 0 saturated heterocycles. The van der Waals surface area contributed by atoms with Crippen molar-refractivity contribution in [2.75, 3.05) is 6.61 Å². The van der Waals surface area contributed by atoms with Crippen LogP contribution in [-0.4, -0.2) is 23.7 Å². The van der Waals surface area contributed by atoms with E-state index in [0.717, 1.165) is 12.3 Å². The van der Waals surface area contributed by atoms with Crippen LogP contribution in [0.2, 0.25) is 5.02 Å². The average Bonchev–Trinajstić information content (AvgIpc) is 2.14. The molecule has 88 valence electrons. The van der Waals surface area contributed by atoms with E-state index < -0.39 is 18.7 Å². The van der Waals surface area contributed by atoms with Crippen LogP contribution in [-0.2, 0) is 0 Å². The summed E-state index contributed by atoms with van der Waals surface area (Å²) in [6, 6.07) is 0.955. The third-order valence-corrected chi connectivity index (χ3v) is 1.75. The number of amides is 1. The van der Waals surface area contributed by atoms with E-state index >= 15 is 0 Å². The first-order valence-corrected chi connectivity index (χ1v) is 4.32. The Morgan fingerprint density at radius 2 is 2.19 bits per heavy atom. The maximum atomic E-state index is 11.9. The lowest BCUT2D eigenvalue weighted by Crippen LogP contribution is -2.20. The molecule has 0 fully saturated rings. The molecule has 16 heavy (non-hydrogen) atoms. The Morgan fingerprint density at radius 1 is 1.56 bits per heavy atom. The smallest absolute Gasteiger partial charge is 0.422 e. The number of nitrogens with two attached hydrogens (primary N) is 1. The number of rotatable bonds is 3. The van der Waals surface area contributed by atoms with Crippen molar-refractivity contribution in [3.05, 3.63) is 23.0 Å². The quantitative estimate of drug-likeness (QED) is 0.894. The van der Waals surface area contributed by atoms with Crippen molar-refractivity contribution in [3.63, 3.8) is 0 Å². The van der Waals surface area contributed by atoms with Gasteiger partial charge in [0.15, 0.2) is 6.61 Å². The standard InChI is InChI=1S/C8H6ClF3N2O2/c9-4-2-14-5(7(13)15)1-6(4)16-3-8(10,11)12/h1-2H,3H2,(H2,13,15). The number of halogens is 4. The predicted octanol–water partition coefficient (Wildman–Crippen LogP) is 1.77. The van der Waals surface area contributed by atoms with Crippen molar-refractivity contribution in [2.24, 2.45) is 5.73 Å². The van der Waals surface area contributed by atoms with Gasteiger partial charge < -0.3 is 10.5 Å². The number of carbonyl (C=O) groups excluding carboxylic acids is 1. The van der Waals surface area contributed by atoms with E-state index in [4.69, 9.17) is 17.3 Å². The van der Waals surface area contributed by atoms with Gasteiger partial charge in [-0.15, -0.1) is 0 Å². The van der Waals surface area contributed by atoms with Crippen LogP contribution in [0.4, 0.5) is 13.2 Å². The predicted molar refractivity (Wildman–Crippen MR) is 49.3 cm³/mol. The fourth-order valence-electron chi connectivity index (χ4n) is 0.825. The van der Waals surface area contributed by atoms with Gasteiger partial charge in [0, 0.05) is 6.07 Å². The van der Waals surface area contributed by atoms with E-state index in [0.29, 0.717) is 0 Å². The topological polar surface area (TPSA) is 65.2 Å². The van der Waals surface area contributed by atoms with E-state index in [2.05, 4.69) is 9.72 Å². The summed E-state index contributed by atoms with van der Waals surface area (Å²) in [6.45, 7) is -1.51. The molecule has 0 radical (unpaired) electrons. The highest BCUT2D eigenvalue weighted by atomic mass is 35.5. The van der Waals surface area contributed by atoms with E-state index in [1.54, 1.807) is 0 Å². The summed E-state index contributed by atoms with van der Waals surface area (Å²) >= 11 is 5.52. The SMILES string of the molecule is NC(=O)c1cc(OCC(F)(F)F)c(Cl)cn1. The maximum Gasteiger partial charge on any atom is 0.422 e. The molecule has 8 heteroatoms. The minimum absolute atomic E-state index is 0.130. The zero-order valence-electron chi connectivity index (χ0n) is 7.71. The Morgan fingerprint density at radius 3 is 2.69 bits per heavy atom. The first kappa shape index (κ1) is 12.6. The Balaban J connectivity index is 2.86. The van der Waals surface area contributed by atoms with Crippen molar-refractivity contribution >= 4 is 17.5 Å². The highest BCUT2D eigenvalue weighted by Crippen LogP contribution is 2.26. The van der Waals surface area contributed by atoms with E-state index in [1.807, 2.05) is 0 Å². The number of carbonyl (C=O) groups is 1. The fourth-order valence-corrected chi connectivity index (χ4v) is 0.983. The molecule has 0 bridgehead atoms. The van der Waals surface area contributed by atoms with Crippen molar-refractivity contribution in [1.82, 2.24) is 4.98 Å². The number of alkyl halides is 3. The molecule has 0 aliphatic rings. The Hall–Kier alpha value is -1.50. The second-order valence-electron chi connectivity index (χ2n) is 2.77. The third-order valence-electron chi connectivity index (χ3n) is 1.46. The lowest BCUT2D eigenvalue weighted by atomic mass is 10.3. The molecule has 0 aliphatic heterocycles. The van der Waals surface area contributed by atoms with Gasteiger partial charge in [-0.3, -0.25) is 4.79 Å². The summed E-state index contributed by atoms with van der Waals surface area (Å²) in [5.74, 6) is -1.17. The molecule has 0 aromatic carbocycles. The summed E-state index contributed by atoms with van der Waals surface area (Å²) < 4.78 is 40.0. The van der Waals surface area contributed by atoms with Gasteiger partial charge in [-0.2, -0.15) is 13.2 Å². The Bertz CT molecular complexity index is 409. The Labute approximate surface area is 93.2 Å². The van der Waals surface area contributed by atoms with E-state index in [1.165, 1.54) is 0 Å². The largest absolute Gasteiger partial charge is 0.482 e. The van der Waals surface area contributed by atoms with Crippen molar-refractivity contribution in [3.8, 4) is 5.75 Å². The summed E-state index contributed by atoms with van der Waals surface area (Å²) in [7, 11) is 0. The molecular weight excluding hydrogens is 249 g/mol. The lowest BCUT2D eigenvalue weighted by molar-refractivity contribution is -0.153. The number of ether oxygens (including phenoxy) is 1. The highest BCUT2D eigenvalue weighted by Gasteiger charge is 2.29. The van der Waals surface area contributed by atoms with Gasteiger partial charge in [0.1, 0.15) is 16.5 Å². The second-order valence-corrected chi connectivity index (χ2v) is 3.18. The van der Waals surface area contributed by atoms with Crippen LogP contribution in [0.25, 0.3) is 0 Å². The highest BCUT2D eigenvalue weighted by molar-refractivity contribution is 6.32. The molecule has 0 spiro atoms. The van der Waals surface area contributed by atoms with Gasteiger partial charge in [-0.1, -0.05) is 11.6 Å². The fraction of sp³-hybridized carbons (Fsp3) is 0.250. The summed E-state index contributed by atoms with van der Waals surface area (Å²) in [6.07, 6.45) is -3.49. The molecule has 0 aliphatic carbocycles. The molecule has 2 N–H and O–H groups in total. The average molecular weight is 255 g/mol. The number of pyridine rings is 1. The second kappa shape index (κ2) is 4.56. The molecule has 1 rings (SSSR count). The Kier molecular flexibility index (Phi) is 3.58. The number of aromatic nitrogens is 1. The van der Waals surface area contributed by atoms with Crippen LogP contribution in [0.3, 0.4) is 0 Å². The zero-order chi connectivity index (χ0) is 12.3. The minimum Gasteiger partial charge on any atom is -0.482 e. The van der Waals surface area contributed by atoms with E-state index in [-0.39, 0.29) is 16.5 Å². The van der Waals surface area contributed by atoms with Gasteiger partial charge >= 0.3 is 6.18 Å². The first-order valence-electron chi connectivity index (χ1n) is 3.94. The number of primary amides is 1. The van der Waals surface area contributed by atoms with Gasteiger partial charge in [0.05, 0.1) is 6.20 Å². The van der Waals surface area contributed by atoms with Crippen molar-refractivity contribution in [1.29, 1.82) is 0 Å². The van der Waals surface area contributed by atoms with Gasteiger partial charge in [-0.05, 0) is 0 Å². The molecule has 0 unspecified atom stereocenters. The monoisotopic (exact) mass is 254 g/mol. The normalized spacial score (nSPS) is 11.2. The van der Waals surface area contributed by atoms with Gasteiger partial charge in [-0.25, -0.2) is 4.98 Å². The molecule has 0 saturated carbocycles. The molecule has 0 atom stereocenters.